The Morgan fingerprint density at radius 3 is 2.72 bits per heavy atom. The van der Waals surface area contributed by atoms with Gasteiger partial charge in [0.15, 0.2) is 5.69 Å². The molecule has 0 radical (unpaired) electrons. The molecule has 1 aliphatic carbocycles. The van der Waals surface area contributed by atoms with Gasteiger partial charge in [-0.05, 0) is 47.0 Å². The summed E-state index contributed by atoms with van der Waals surface area (Å²) in [5, 5.41) is 7.06. The van der Waals surface area contributed by atoms with E-state index in [0.717, 1.165) is 56.0 Å². The van der Waals surface area contributed by atoms with Gasteiger partial charge in [0, 0.05) is 48.7 Å². The van der Waals surface area contributed by atoms with E-state index in [9.17, 15) is 9.00 Å². The molecule has 3 heterocycles. The lowest BCUT2D eigenvalue weighted by Crippen LogP contribution is -2.43. The van der Waals surface area contributed by atoms with Crippen molar-refractivity contribution < 1.29 is 13.5 Å². The molecule has 2 atom stereocenters. The maximum Gasteiger partial charge on any atom is 0.273 e. The van der Waals surface area contributed by atoms with Crippen molar-refractivity contribution in [1.29, 1.82) is 0 Å². The van der Waals surface area contributed by atoms with Crippen molar-refractivity contribution in [3.8, 4) is 0 Å². The molecule has 0 aromatic carbocycles. The molecule has 4 rings (SSSR count). The molecule has 1 aromatic rings. The van der Waals surface area contributed by atoms with Crippen molar-refractivity contribution in [3.63, 3.8) is 0 Å². The number of carbonyl (C=O) groups is 1. The third-order valence-electron chi connectivity index (χ3n) is 5.86. The predicted molar refractivity (Wildman–Crippen MR) is 98.5 cm³/mol. The van der Waals surface area contributed by atoms with Gasteiger partial charge in [-0.2, -0.15) is 0 Å². The minimum Gasteiger partial charge on any atom is -0.360 e. The van der Waals surface area contributed by atoms with E-state index in [1.165, 1.54) is 0 Å². The Morgan fingerprint density at radius 1 is 1.32 bits per heavy atom. The number of likely N-dealkylation sites (tertiary alicyclic amines) is 1. The Bertz CT molecular complexity index is 739. The summed E-state index contributed by atoms with van der Waals surface area (Å²) >= 11 is 0. The van der Waals surface area contributed by atoms with Crippen LogP contribution in [0.5, 0.6) is 0 Å². The fourth-order valence-corrected chi connectivity index (χ4v) is 5.61. The van der Waals surface area contributed by atoms with Crippen LogP contribution in [0.3, 0.4) is 0 Å². The summed E-state index contributed by atoms with van der Waals surface area (Å²) in [7, 11) is -1.84. The van der Waals surface area contributed by atoms with Gasteiger partial charge in [-0.3, -0.25) is 13.9 Å². The lowest BCUT2D eigenvalue weighted by Gasteiger charge is -2.32. The van der Waals surface area contributed by atoms with Crippen LogP contribution in [0.15, 0.2) is 10.6 Å². The van der Waals surface area contributed by atoms with Gasteiger partial charge in [0.05, 0.1) is 0 Å². The highest BCUT2D eigenvalue weighted by atomic mass is 32.2. The lowest BCUT2D eigenvalue weighted by atomic mass is 10.1. The highest BCUT2D eigenvalue weighted by molar-refractivity contribution is 8.00. The molecule has 138 valence electrons. The first kappa shape index (κ1) is 17.1. The molecule has 2 aliphatic heterocycles. The lowest BCUT2D eigenvalue weighted by molar-refractivity contribution is 0.0921. The Morgan fingerprint density at radius 2 is 2.04 bits per heavy atom. The maximum atomic E-state index is 12.5. The zero-order valence-electron chi connectivity index (χ0n) is 14.8. The minimum atomic E-state index is -1.84. The normalized spacial score (nSPS) is 36.4. The Balaban J connectivity index is 1.34. The van der Waals surface area contributed by atoms with E-state index in [4.69, 9.17) is 4.52 Å². The van der Waals surface area contributed by atoms with Gasteiger partial charge in [0.2, 0.25) is 0 Å². The largest absolute Gasteiger partial charge is 0.360 e. The summed E-state index contributed by atoms with van der Waals surface area (Å²) in [6.07, 6.45) is 4.16. The zero-order chi connectivity index (χ0) is 17.6. The fourth-order valence-electron chi connectivity index (χ4n) is 4.00. The Kier molecular flexibility index (Phi) is 4.40. The quantitative estimate of drug-likeness (QED) is 0.818. The summed E-state index contributed by atoms with van der Waals surface area (Å²) in [5.74, 6) is 6.85. The van der Waals surface area contributed by atoms with E-state index in [1.54, 1.807) is 6.07 Å². The van der Waals surface area contributed by atoms with Gasteiger partial charge in [0.1, 0.15) is 5.76 Å². The average molecular weight is 365 g/mol. The van der Waals surface area contributed by atoms with Gasteiger partial charge < -0.3 is 9.84 Å². The summed E-state index contributed by atoms with van der Waals surface area (Å²) < 4.78 is 17.3. The Labute approximate surface area is 149 Å². The molecule has 1 saturated carbocycles. The van der Waals surface area contributed by atoms with E-state index in [0.29, 0.717) is 23.6 Å². The number of amides is 1. The van der Waals surface area contributed by atoms with Crippen LogP contribution in [-0.4, -0.2) is 62.7 Å². The smallest absolute Gasteiger partial charge is 0.273 e. The van der Waals surface area contributed by atoms with Gasteiger partial charge >= 0.3 is 0 Å². The number of carbonyl (C=O) groups excluding carboxylic acids is 1. The second kappa shape index (κ2) is 6.43. The van der Waals surface area contributed by atoms with Crippen LogP contribution in [0, 0.1) is 5.92 Å². The second-order valence-electron chi connectivity index (χ2n) is 8.01. The minimum absolute atomic E-state index is 0.125. The number of aromatic nitrogens is 1. The van der Waals surface area contributed by atoms with E-state index < -0.39 is 9.52 Å². The fraction of sp³-hybridized carbons (Fsp3) is 0.722. The van der Waals surface area contributed by atoms with Crippen LogP contribution in [0.2, 0.25) is 0 Å². The van der Waals surface area contributed by atoms with Crippen molar-refractivity contribution in [2.45, 2.75) is 50.6 Å². The van der Waals surface area contributed by atoms with Crippen molar-refractivity contribution in [3.05, 3.63) is 17.5 Å². The van der Waals surface area contributed by atoms with Gasteiger partial charge in [-0.15, -0.1) is 0 Å². The first-order chi connectivity index (χ1) is 11.9. The molecule has 6 nitrogen and oxygen atoms in total. The third-order valence-corrected chi connectivity index (χ3v) is 7.82. The van der Waals surface area contributed by atoms with Gasteiger partial charge in [-0.25, -0.2) is 0 Å². The number of hydrogen-bond acceptors (Lipinski definition) is 5. The molecule has 7 heteroatoms. The highest BCUT2D eigenvalue weighted by Crippen LogP contribution is 2.40. The molecule has 1 aromatic heterocycles. The number of nitrogens with one attached hydrogen (secondary N) is 1. The van der Waals surface area contributed by atoms with Gasteiger partial charge in [0.25, 0.3) is 5.91 Å². The molecule has 0 unspecified atom stereocenters. The van der Waals surface area contributed by atoms with Crippen molar-refractivity contribution >= 4 is 21.3 Å². The second-order valence-corrected chi connectivity index (χ2v) is 10.8. The first-order valence-electron chi connectivity index (χ1n) is 9.25. The topological polar surface area (TPSA) is 75.4 Å². The van der Waals surface area contributed by atoms with Crippen molar-refractivity contribution in [2.24, 2.45) is 5.92 Å². The third kappa shape index (κ3) is 3.77. The van der Waals surface area contributed by atoms with E-state index >= 15 is 0 Å². The summed E-state index contributed by atoms with van der Waals surface area (Å²) in [6, 6.07) is 2.38. The first-order valence-corrected chi connectivity index (χ1v) is 11.3. The monoisotopic (exact) mass is 365 g/mol. The van der Waals surface area contributed by atoms with Crippen LogP contribution in [0.4, 0.5) is 0 Å². The van der Waals surface area contributed by atoms with Crippen LogP contribution in [0.1, 0.15) is 54.8 Å². The standard InChI is InChI=1S/C18H27N3O3S/c1-12-10-21(14-5-7-25(2,23)8-6-14)11-16(12)19-18(22)15-9-17(24-20-15)13-3-4-13/h9,12-14,16H,2-8,10-11H2,1H3,(H,19,22)/t12-,14?,16+,25?/m1/s1. The zero-order valence-corrected chi connectivity index (χ0v) is 15.6. The highest BCUT2D eigenvalue weighted by Gasteiger charge is 2.36. The molecular weight excluding hydrogens is 338 g/mol. The molecule has 1 amide bonds. The molecule has 1 N–H and O–H groups in total. The molecular formula is C18H27N3O3S. The van der Waals surface area contributed by atoms with Crippen LogP contribution in [0.25, 0.3) is 0 Å². The summed E-state index contributed by atoms with van der Waals surface area (Å²) in [4.78, 5) is 14.9. The predicted octanol–water partition coefficient (Wildman–Crippen LogP) is 1.48. The number of hydrogen-bond donors (Lipinski definition) is 1. The molecule has 3 fully saturated rings. The Hall–Kier alpha value is -1.34. The molecule has 2 saturated heterocycles. The van der Waals surface area contributed by atoms with E-state index in [1.807, 2.05) is 0 Å². The summed E-state index contributed by atoms with van der Waals surface area (Å²) in [5.41, 5.74) is 0.391. The SMILES string of the molecule is C=S1(=O)CCC(N2C[C@@H](C)[C@@H](NC(=O)c3cc(C4CC4)on3)C2)CC1. The van der Waals surface area contributed by atoms with Crippen LogP contribution >= 0.6 is 0 Å². The van der Waals surface area contributed by atoms with Crippen molar-refractivity contribution in [2.75, 3.05) is 24.6 Å². The van der Waals surface area contributed by atoms with Gasteiger partial charge in [-0.1, -0.05) is 12.1 Å². The number of rotatable bonds is 4. The van der Waals surface area contributed by atoms with Crippen molar-refractivity contribution in [1.82, 2.24) is 15.4 Å². The molecule has 0 bridgehead atoms. The van der Waals surface area contributed by atoms with E-state index in [-0.39, 0.29) is 11.9 Å². The van der Waals surface area contributed by atoms with Crippen LogP contribution < -0.4 is 5.32 Å². The number of nitrogens with zero attached hydrogens (tertiary/aromatic N) is 2. The van der Waals surface area contributed by atoms with Crippen LogP contribution in [-0.2, 0) is 9.52 Å². The van der Waals surface area contributed by atoms with E-state index in [2.05, 4.69) is 28.2 Å². The molecule has 25 heavy (non-hydrogen) atoms. The average Bonchev–Trinajstić information content (AvgIpc) is 3.18. The molecule has 3 aliphatic rings. The molecule has 0 spiro atoms. The summed E-state index contributed by atoms with van der Waals surface area (Å²) in [6.45, 7) is 4.00. The maximum absolute atomic E-state index is 12.5.